The number of carboxylic acids is 1. The molecule has 0 spiro atoms. The minimum absolute atomic E-state index is 0.0254. The van der Waals surface area contributed by atoms with Gasteiger partial charge in [0.1, 0.15) is 4.88 Å². The number of unbranched alkanes of at least 4 members (excludes halogenated alkanes) is 2. The minimum Gasteiger partial charge on any atom is -0.477 e. The summed E-state index contributed by atoms with van der Waals surface area (Å²) in [6.07, 6.45) is 2.51. The number of aliphatic hydroxyl groups excluding tert-OH is 2. The molecule has 1 aliphatic rings. The molecule has 3 atom stereocenters. The Morgan fingerprint density at radius 2 is 1.97 bits per heavy atom. The van der Waals surface area contributed by atoms with E-state index in [4.69, 9.17) is 9.84 Å². The Balaban J connectivity index is 1.61. The third-order valence-electron chi connectivity index (χ3n) is 5.47. The lowest BCUT2D eigenvalue weighted by Crippen LogP contribution is -2.40. The zero-order valence-electron chi connectivity index (χ0n) is 17.6. The lowest BCUT2D eigenvalue weighted by Gasteiger charge is -2.26. The second-order valence-electron chi connectivity index (χ2n) is 7.79. The van der Waals surface area contributed by atoms with Crippen molar-refractivity contribution < 1.29 is 29.6 Å². The molecule has 8 heteroatoms. The van der Waals surface area contributed by atoms with Crippen LogP contribution in [0.3, 0.4) is 0 Å². The van der Waals surface area contributed by atoms with Gasteiger partial charge in [0.25, 0.3) is 0 Å². The summed E-state index contributed by atoms with van der Waals surface area (Å²) in [5.41, 5.74) is 1.47. The van der Waals surface area contributed by atoms with E-state index in [1.807, 2.05) is 12.1 Å². The Morgan fingerprint density at radius 3 is 2.61 bits per heavy atom. The van der Waals surface area contributed by atoms with Crippen molar-refractivity contribution in [3.63, 3.8) is 0 Å². The molecule has 0 bridgehead atoms. The molecular formula is C23H29NO6S. The number of carbonyl (C=O) groups excluding carboxylic acids is 1. The Morgan fingerprint density at radius 1 is 1.23 bits per heavy atom. The summed E-state index contributed by atoms with van der Waals surface area (Å²) >= 11 is 1.14. The van der Waals surface area contributed by atoms with Crippen LogP contribution >= 0.6 is 11.3 Å². The molecule has 1 saturated heterocycles. The fourth-order valence-electron chi connectivity index (χ4n) is 3.75. The van der Waals surface area contributed by atoms with Gasteiger partial charge in [0.05, 0.1) is 37.9 Å². The van der Waals surface area contributed by atoms with Crippen molar-refractivity contribution in [3.05, 3.63) is 51.7 Å². The van der Waals surface area contributed by atoms with Crippen molar-refractivity contribution in [2.45, 2.75) is 63.9 Å². The molecule has 1 unspecified atom stereocenters. The third kappa shape index (κ3) is 5.92. The first-order chi connectivity index (χ1) is 14.9. The van der Waals surface area contributed by atoms with E-state index in [2.05, 4.69) is 6.92 Å². The van der Waals surface area contributed by atoms with Crippen molar-refractivity contribution >= 4 is 28.9 Å². The molecule has 0 aliphatic carbocycles. The van der Waals surface area contributed by atoms with E-state index < -0.39 is 24.2 Å². The summed E-state index contributed by atoms with van der Waals surface area (Å²) in [5, 5.41) is 29.7. The molecule has 1 aliphatic heterocycles. The first-order valence-corrected chi connectivity index (χ1v) is 11.4. The maximum atomic E-state index is 12.5. The van der Waals surface area contributed by atoms with Crippen molar-refractivity contribution in [3.8, 4) is 0 Å². The fraction of sp³-hybridized carbons (Fsp3) is 0.478. The fourth-order valence-corrected chi connectivity index (χ4v) is 4.54. The van der Waals surface area contributed by atoms with Gasteiger partial charge >= 0.3 is 5.97 Å². The summed E-state index contributed by atoms with van der Waals surface area (Å²) in [4.78, 5) is 26.0. The molecule has 0 saturated carbocycles. The van der Waals surface area contributed by atoms with E-state index in [0.717, 1.165) is 41.0 Å². The molecule has 31 heavy (non-hydrogen) atoms. The van der Waals surface area contributed by atoms with Crippen LogP contribution in [0.4, 0.5) is 5.69 Å². The number of carboxylic acid groups (broad SMARTS) is 1. The van der Waals surface area contributed by atoms with E-state index in [0.29, 0.717) is 12.1 Å². The standard InChI is InChI=1S/C23H29NO6S/c1-2-3-4-5-19(25)15-6-8-16(9-7-15)24-18(20(26)12-22(24)27)14-30-13-17-10-11-21(31-17)23(28)29/h6-11,18-20,25-26H,2-5,12-14H2,1H3,(H,28,29)/t18-,19?,20-/m0/s1. The van der Waals surface area contributed by atoms with Crippen molar-refractivity contribution in [2.24, 2.45) is 0 Å². The number of carbonyl (C=O) groups is 2. The van der Waals surface area contributed by atoms with Gasteiger partial charge in [0.15, 0.2) is 0 Å². The Hall–Kier alpha value is -2.26. The van der Waals surface area contributed by atoms with Gasteiger partial charge in [-0.2, -0.15) is 0 Å². The summed E-state index contributed by atoms with van der Waals surface area (Å²) in [6.45, 7) is 2.47. The maximum Gasteiger partial charge on any atom is 0.345 e. The van der Waals surface area contributed by atoms with Gasteiger partial charge in [-0.25, -0.2) is 4.79 Å². The normalized spacial score (nSPS) is 19.7. The highest BCUT2D eigenvalue weighted by atomic mass is 32.1. The number of hydrogen-bond acceptors (Lipinski definition) is 6. The van der Waals surface area contributed by atoms with Crippen LogP contribution in [0.5, 0.6) is 0 Å². The first kappa shape index (κ1) is 23.4. The van der Waals surface area contributed by atoms with E-state index in [1.165, 1.54) is 6.07 Å². The highest BCUT2D eigenvalue weighted by Gasteiger charge is 2.39. The van der Waals surface area contributed by atoms with Crippen LogP contribution in [0, 0.1) is 0 Å². The lowest BCUT2D eigenvalue weighted by atomic mass is 10.0. The molecule has 2 aromatic rings. The Kier molecular flexibility index (Phi) is 8.20. The van der Waals surface area contributed by atoms with Crippen LogP contribution in [-0.2, 0) is 16.1 Å². The number of rotatable bonds is 11. The molecule has 3 N–H and O–H groups in total. The molecule has 1 aromatic heterocycles. The molecule has 168 valence electrons. The smallest absolute Gasteiger partial charge is 0.345 e. The topological polar surface area (TPSA) is 107 Å². The molecule has 3 rings (SSSR count). The van der Waals surface area contributed by atoms with Crippen LogP contribution in [0.2, 0.25) is 0 Å². The molecule has 1 fully saturated rings. The number of hydrogen-bond donors (Lipinski definition) is 3. The largest absolute Gasteiger partial charge is 0.477 e. The molecule has 2 heterocycles. The highest BCUT2D eigenvalue weighted by molar-refractivity contribution is 7.13. The number of aliphatic hydroxyl groups is 2. The zero-order chi connectivity index (χ0) is 22.4. The first-order valence-electron chi connectivity index (χ1n) is 10.6. The highest BCUT2D eigenvalue weighted by Crippen LogP contribution is 2.30. The number of nitrogens with zero attached hydrogens (tertiary/aromatic N) is 1. The van der Waals surface area contributed by atoms with E-state index in [-0.39, 0.29) is 30.4 Å². The van der Waals surface area contributed by atoms with Crippen LogP contribution in [0.25, 0.3) is 0 Å². The number of aromatic carboxylic acids is 1. The monoisotopic (exact) mass is 447 g/mol. The van der Waals surface area contributed by atoms with Crippen molar-refractivity contribution in [1.82, 2.24) is 0 Å². The van der Waals surface area contributed by atoms with Crippen molar-refractivity contribution in [2.75, 3.05) is 11.5 Å². The van der Waals surface area contributed by atoms with E-state index >= 15 is 0 Å². The van der Waals surface area contributed by atoms with Crippen LogP contribution in [0.15, 0.2) is 36.4 Å². The summed E-state index contributed by atoms with van der Waals surface area (Å²) in [7, 11) is 0. The lowest BCUT2D eigenvalue weighted by molar-refractivity contribution is -0.117. The van der Waals surface area contributed by atoms with Gasteiger partial charge in [-0.1, -0.05) is 38.3 Å². The molecule has 7 nitrogen and oxygen atoms in total. The van der Waals surface area contributed by atoms with Crippen molar-refractivity contribution in [1.29, 1.82) is 0 Å². The zero-order valence-corrected chi connectivity index (χ0v) is 18.4. The van der Waals surface area contributed by atoms with E-state index in [1.54, 1.807) is 23.1 Å². The number of amides is 1. The molecule has 1 amide bonds. The minimum atomic E-state index is -0.974. The summed E-state index contributed by atoms with van der Waals surface area (Å²) < 4.78 is 5.71. The van der Waals surface area contributed by atoms with Gasteiger partial charge in [0.2, 0.25) is 5.91 Å². The van der Waals surface area contributed by atoms with Gasteiger partial charge in [0, 0.05) is 10.6 Å². The van der Waals surface area contributed by atoms with Gasteiger partial charge in [-0.15, -0.1) is 11.3 Å². The predicted molar refractivity (Wildman–Crippen MR) is 118 cm³/mol. The average Bonchev–Trinajstić information content (AvgIpc) is 3.33. The number of benzene rings is 1. The predicted octanol–water partition coefficient (Wildman–Crippen LogP) is 3.74. The quantitative estimate of drug-likeness (QED) is 0.453. The van der Waals surface area contributed by atoms with E-state index in [9.17, 15) is 19.8 Å². The van der Waals surface area contributed by atoms with Gasteiger partial charge < -0.3 is 25.0 Å². The van der Waals surface area contributed by atoms with Gasteiger partial charge in [-0.05, 0) is 36.2 Å². The Labute approximate surface area is 185 Å². The molecule has 1 aromatic carbocycles. The second-order valence-corrected chi connectivity index (χ2v) is 8.96. The Bertz CT molecular complexity index is 880. The SMILES string of the molecule is CCCCCC(O)c1ccc(N2C(=O)C[C@H](O)[C@@H]2COCc2ccc(C(=O)O)s2)cc1. The molecule has 0 radical (unpaired) electrons. The van der Waals surface area contributed by atoms with Crippen LogP contribution in [0.1, 0.15) is 65.2 Å². The number of anilines is 1. The van der Waals surface area contributed by atoms with Crippen LogP contribution in [-0.4, -0.2) is 45.9 Å². The van der Waals surface area contributed by atoms with Gasteiger partial charge in [-0.3, -0.25) is 4.79 Å². The second kappa shape index (κ2) is 10.9. The molecular weight excluding hydrogens is 418 g/mol. The summed E-state index contributed by atoms with van der Waals surface area (Å²) in [6, 6.07) is 9.93. The van der Waals surface area contributed by atoms with Crippen LogP contribution < -0.4 is 4.90 Å². The maximum absolute atomic E-state index is 12.5. The number of thiophene rings is 1. The third-order valence-corrected chi connectivity index (χ3v) is 6.52. The average molecular weight is 448 g/mol. The number of ether oxygens (including phenoxy) is 1. The summed E-state index contributed by atoms with van der Waals surface area (Å²) in [5.74, 6) is -1.15.